The van der Waals surface area contributed by atoms with Gasteiger partial charge in [-0.1, -0.05) is 91.0 Å². The van der Waals surface area contributed by atoms with E-state index in [4.69, 9.17) is 0 Å². The lowest BCUT2D eigenvalue weighted by molar-refractivity contribution is 0.104. The van der Waals surface area contributed by atoms with Gasteiger partial charge in [0.1, 0.15) is 5.82 Å². The first-order valence-electron chi connectivity index (χ1n) is 8.68. The van der Waals surface area contributed by atoms with Crippen LogP contribution in [-0.2, 0) is 13.1 Å². The zero-order chi connectivity index (χ0) is 18.0. The number of hydrogen-bond acceptors (Lipinski definition) is 3. The Labute approximate surface area is 154 Å². The number of benzene rings is 3. The summed E-state index contributed by atoms with van der Waals surface area (Å²) in [5.74, 6) is 0.688. The van der Waals surface area contributed by atoms with Gasteiger partial charge in [-0.05, 0) is 11.1 Å². The second kappa shape index (κ2) is 9.23. The highest BCUT2D eigenvalue weighted by Gasteiger charge is 2.05. The lowest BCUT2D eigenvalue weighted by Crippen LogP contribution is -2.27. The van der Waals surface area contributed by atoms with E-state index in [0.29, 0.717) is 24.5 Å². The molecule has 0 aliphatic heterocycles. The van der Waals surface area contributed by atoms with E-state index in [9.17, 15) is 4.79 Å². The molecule has 0 aromatic heterocycles. The van der Waals surface area contributed by atoms with Gasteiger partial charge in [0.2, 0.25) is 0 Å². The highest BCUT2D eigenvalue weighted by atomic mass is 16.1. The van der Waals surface area contributed by atoms with E-state index in [1.807, 2.05) is 66.7 Å². The monoisotopic (exact) mass is 342 g/mol. The van der Waals surface area contributed by atoms with Crippen LogP contribution in [0.2, 0.25) is 0 Å². The van der Waals surface area contributed by atoms with Crippen molar-refractivity contribution in [3.8, 4) is 0 Å². The molecule has 3 nitrogen and oxygen atoms in total. The van der Waals surface area contributed by atoms with Crippen molar-refractivity contribution in [1.29, 1.82) is 0 Å². The van der Waals surface area contributed by atoms with Crippen LogP contribution >= 0.6 is 0 Å². The molecule has 0 heterocycles. The van der Waals surface area contributed by atoms with Crippen molar-refractivity contribution in [3.63, 3.8) is 0 Å². The summed E-state index contributed by atoms with van der Waals surface area (Å²) in [6.07, 6.45) is 1.63. The fraction of sp³-hybridized carbons (Fsp3) is 0.0870. The molecule has 0 saturated heterocycles. The van der Waals surface area contributed by atoms with E-state index in [0.717, 1.165) is 11.1 Å². The molecule has 0 atom stereocenters. The lowest BCUT2D eigenvalue weighted by atomic mass is 10.1. The van der Waals surface area contributed by atoms with Crippen molar-refractivity contribution in [2.24, 2.45) is 0 Å². The molecule has 3 rings (SSSR count). The Hall–Kier alpha value is -3.33. The minimum atomic E-state index is -0.0262. The molecule has 130 valence electrons. The Bertz CT molecular complexity index is 798. The molecule has 0 saturated carbocycles. The van der Waals surface area contributed by atoms with Crippen LogP contribution in [0.1, 0.15) is 21.5 Å². The number of carbonyl (C=O) groups is 1. The van der Waals surface area contributed by atoms with Crippen molar-refractivity contribution < 1.29 is 4.79 Å². The van der Waals surface area contributed by atoms with Crippen molar-refractivity contribution >= 4 is 5.78 Å². The average molecular weight is 342 g/mol. The molecule has 0 bridgehead atoms. The standard InChI is InChI=1S/C23H22N2O/c26-22(21-14-8-3-9-15-21)16-23(24-17-19-10-4-1-5-11-19)25-18-20-12-6-2-7-13-20/h1-16,24-25H,17-18H2. The number of allylic oxidation sites excluding steroid dienone is 1. The third kappa shape index (κ3) is 5.35. The molecule has 0 fully saturated rings. The van der Waals surface area contributed by atoms with Crippen LogP contribution < -0.4 is 10.6 Å². The molecule has 2 N–H and O–H groups in total. The van der Waals surface area contributed by atoms with Crippen LogP contribution in [0.5, 0.6) is 0 Å². The predicted molar refractivity (Wildman–Crippen MR) is 105 cm³/mol. The Morgan fingerprint density at radius 2 is 1.08 bits per heavy atom. The van der Waals surface area contributed by atoms with Gasteiger partial charge < -0.3 is 10.6 Å². The normalized spacial score (nSPS) is 10.0. The second-order valence-corrected chi connectivity index (χ2v) is 5.97. The summed E-state index contributed by atoms with van der Waals surface area (Å²) in [5, 5.41) is 6.67. The molecular weight excluding hydrogens is 320 g/mol. The van der Waals surface area contributed by atoms with Crippen LogP contribution in [0.3, 0.4) is 0 Å². The van der Waals surface area contributed by atoms with Gasteiger partial charge >= 0.3 is 0 Å². The highest BCUT2D eigenvalue weighted by Crippen LogP contribution is 2.05. The van der Waals surface area contributed by atoms with Crippen LogP contribution in [0.4, 0.5) is 0 Å². The Morgan fingerprint density at radius 1 is 0.654 bits per heavy atom. The van der Waals surface area contributed by atoms with Gasteiger partial charge in [-0.15, -0.1) is 0 Å². The third-order valence-electron chi connectivity index (χ3n) is 3.99. The highest BCUT2D eigenvalue weighted by molar-refractivity contribution is 6.04. The number of hydrogen-bond donors (Lipinski definition) is 2. The summed E-state index contributed by atoms with van der Waals surface area (Å²) in [7, 11) is 0. The van der Waals surface area contributed by atoms with Crippen LogP contribution in [0.15, 0.2) is 103 Å². The summed E-state index contributed by atoms with van der Waals surface area (Å²) < 4.78 is 0. The molecule has 0 radical (unpaired) electrons. The number of ketones is 1. The number of nitrogens with one attached hydrogen (secondary N) is 2. The molecule has 26 heavy (non-hydrogen) atoms. The quantitative estimate of drug-likeness (QED) is 0.474. The van der Waals surface area contributed by atoms with Gasteiger partial charge in [0.25, 0.3) is 0 Å². The fourth-order valence-electron chi connectivity index (χ4n) is 2.57. The van der Waals surface area contributed by atoms with E-state index in [2.05, 4.69) is 34.9 Å². The topological polar surface area (TPSA) is 41.1 Å². The predicted octanol–water partition coefficient (Wildman–Crippen LogP) is 4.29. The minimum absolute atomic E-state index is 0.0262. The first-order valence-corrected chi connectivity index (χ1v) is 8.68. The zero-order valence-electron chi connectivity index (χ0n) is 14.6. The molecule has 0 amide bonds. The molecular formula is C23H22N2O. The van der Waals surface area contributed by atoms with E-state index in [1.165, 1.54) is 0 Å². The number of rotatable bonds is 8. The average Bonchev–Trinajstić information content (AvgIpc) is 2.72. The van der Waals surface area contributed by atoms with Crippen LogP contribution in [0.25, 0.3) is 0 Å². The maximum Gasteiger partial charge on any atom is 0.189 e. The summed E-state index contributed by atoms with van der Waals surface area (Å²) in [6, 6.07) is 29.5. The SMILES string of the molecule is O=C(C=C(NCc1ccccc1)NCc1ccccc1)c1ccccc1. The molecule has 0 spiro atoms. The smallest absolute Gasteiger partial charge is 0.189 e. The first kappa shape index (κ1) is 17.5. The van der Waals surface area contributed by atoms with Crippen molar-refractivity contribution in [2.45, 2.75) is 13.1 Å². The summed E-state index contributed by atoms with van der Waals surface area (Å²) in [6.45, 7) is 1.30. The molecule has 0 aliphatic rings. The molecule has 0 aliphatic carbocycles. The van der Waals surface area contributed by atoms with Crippen molar-refractivity contribution in [3.05, 3.63) is 120 Å². The van der Waals surface area contributed by atoms with Gasteiger partial charge in [-0.25, -0.2) is 0 Å². The van der Waals surface area contributed by atoms with Gasteiger partial charge in [-0.3, -0.25) is 4.79 Å². The Balaban J connectivity index is 1.71. The van der Waals surface area contributed by atoms with Gasteiger partial charge in [0, 0.05) is 24.7 Å². The molecule has 0 unspecified atom stereocenters. The Kier molecular flexibility index (Phi) is 6.21. The van der Waals surface area contributed by atoms with E-state index in [-0.39, 0.29) is 5.78 Å². The van der Waals surface area contributed by atoms with Gasteiger partial charge in [0.05, 0.1) is 0 Å². The van der Waals surface area contributed by atoms with E-state index in [1.54, 1.807) is 6.08 Å². The van der Waals surface area contributed by atoms with Gasteiger partial charge in [0.15, 0.2) is 5.78 Å². The lowest BCUT2D eigenvalue weighted by Gasteiger charge is -2.14. The Morgan fingerprint density at radius 3 is 1.54 bits per heavy atom. The van der Waals surface area contributed by atoms with Crippen LogP contribution in [-0.4, -0.2) is 5.78 Å². The summed E-state index contributed by atoms with van der Waals surface area (Å²) >= 11 is 0. The van der Waals surface area contributed by atoms with Crippen molar-refractivity contribution in [2.75, 3.05) is 0 Å². The third-order valence-corrected chi connectivity index (χ3v) is 3.99. The second-order valence-electron chi connectivity index (χ2n) is 5.97. The molecule has 3 heteroatoms. The number of carbonyl (C=O) groups excluding carboxylic acids is 1. The molecule has 3 aromatic carbocycles. The maximum atomic E-state index is 12.5. The zero-order valence-corrected chi connectivity index (χ0v) is 14.6. The minimum Gasteiger partial charge on any atom is -0.368 e. The fourth-order valence-corrected chi connectivity index (χ4v) is 2.57. The largest absolute Gasteiger partial charge is 0.368 e. The molecule has 3 aromatic rings. The summed E-state index contributed by atoms with van der Waals surface area (Å²) in [4.78, 5) is 12.5. The van der Waals surface area contributed by atoms with E-state index < -0.39 is 0 Å². The first-order chi connectivity index (χ1) is 12.8. The van der Waals surface area contributed by atoms with Crippen LogP contribution in [0, 0.1) is 0 Å². The summed E-state index contributed by atoms with van der Waals surface area (Å²) in [5.41, 5.74) is 2.99. The van der Waals surface area contributed by atoms with E-state index >= 15 is 0 Å². The van der Waals surface area contributed by atoms with Crippen molar-refractivity contribution in [1.82, 2.24) is 10.6 Å². The van der Waals surface area contributed by atoms with Gasteiger partial charge in [-0.2, -0.15) is 0 Å². The maximum absolute atomic E-state index is 12.5.